The predicted molar refractivity (Wildman–Crippen MR) is 66.5 cm³/mol. The Hall–Kier alpha value is -1.30. The fraction of sp³-hybridized carbons (Fsp3) is 0.833. The maximum Gasteiger partial charge on any atom is 0.326 e. The number of rotatable bonds is 5. The highest BCUT2D eigenvalue weighted by atomic mass is 16.5. The molecule has 2 N–H and O–H groups in total. The number of urea groups is 1. The van der Waals surface area contributed by atoms with Crippen molar-refractivity contribution in [1.29, 1.82) is 0 Å². The standard InChI is InChI=1S/C12H22N2O4/c1-3-10(11(15)16)13-12(17)14(2)8-9-6-4-5-7-18-9/h9-10H,3-8H2,1-2H3,(H,13,17)(H,15,16)/t9?,10-/m1/s1. The number of ether oxygens (including phenoxy) is 1. The molecule has 0 aromatic heterocycles. The van der Waals surface area contributed by atoms with Crippen LogP contribution in [0.25, 0.3) is 0 Å². The van der Waals surface area contributed by atoms with Gasteiger partial charge >= 0.3 is 12.0 Å². The summed E-state index contributed by atoms with van der Waals surface area (Å²) in [5.41, 5.74) is 0. The first-order chi connectivity index (χ1) is 8.54. The van der Waals surface area contributed by atoms with Crippen molar-refractivity contribution < 1.29 is 19.4 Å². The summed E-state index contributed by atoms with van der Waals surface area (Å²) in [6, 6.07) is -1.19. The van der Waals surface area contributed by atoms with Crippen LogP contribution in [0, 0.1) is 0 Å². The molecule has 1 saturated heterocycles. The summed E-state index contributed by atoms with van der Waals surface area (Å²) in [7, 11) is 1.65. The molecule has 0 radical (unpaired) electrons. The predicted octanol–water partition coefficient (Wildman–Crippen LogP) is 1.06. The molecule has 2 amide bonds. The Labute approximate surface area is 107 Å². The lowest BCUT2D eigenvalue weighted by atomic mass is 10.1. The van der Waals surface area contributed by atoms with Gasteiger partial charge in [0.2, 0.25) is 0 Å². The van der Waals surface area contributed by atoms with Crippen molar-refractivity contribution in [2.75, 3.05) is 20.2 Å². The lowest BCUT2D eigenvalue weighted by Crippen LogP contribution is -2.48. The maximum absolute atomic E-state index is 11.8. The van der Waals surface area contributed by atoms with Crippen LogP contribution in [0.15, 0.2) is 0 Å². The summed E-state index contributed by atoms with van der Waals surface area (Å²) in [6.45, 7) is 2.97. The third-order valence-electron chi connectivity index (χ3n) is 3.10. The van der Waals surface area contributed by atoms with E-state index < -0.39 is 12.0 Å². The van der Waals surface area contributed by atoms with Crippen LogP contribution in [-0.4, -0.2) is 54.4 Å². The smallest absolute Gasteiger partial charge is 0.326 e. The molecule has 1 unspecified atom stereocenters. The van der Waals surface area contributed by atoms with Crippen LogP contribution in [0.1, 0.15) is 32.6 Å². The maximum atomic E-state index is 11.8. The first-order valence-electron chi connectivity index (χ1n) is 6.40. The number of hydrogen-bond acceptors (Lipinski definition) is 3. The van der Waals surface area contributed by atoms with Gasteiger partial charge in [-0.3, -0.25) is 0 Å². The van der Waals surface area contributed by atoms with Crippen molar-refractivity contribution in [2.45, 2.75) is 44.8 Å². The minimum Gasteiger partial charge on any atom is -0.480 e. The summed E-state index contributed by atoms with van der Waals surface area (Å²) in [5.74, 6) is -1.01. The second-order valence-corrected chi connectivity index (χ2v) is 4.62. The van der Waals surface area contributed by atoms with Crippen molar-refractivity contribution >= 4 is 12.0 Å². The fourth-order valence-electron chi connectivity index (χ4n) is 1.94. The van der Waals surface area contributed by atoms with E-state index in [2.05, 4.69) is 5.32 Å². The molecular weight excluding hydrogens is 236 g/mol. The van der Waals surface area contributed by atoms with Crippen LogP contribution in [0.3, 0.4) is 0 Å². The van der Waals surface area contributed by atoms with Crippen molar-refractivity contribution in [3.8, 4) is 0 Å². The molecule has 0 aliphatic carbocycles. The molecule has 1 fully saturated rings. The minimum absolute atomic E-state index is 0.0689. The first-order valence-corrected chi connectivity index (χ1v) is 6.40. The second-order valence-electron chi connectivity index (χ2n) is 4.62. The Morgan fingerprint density at radius 2 is 2.22 bits per heavy atom. The van der Waals surface area contributed by atoms with Crippen LogP contribution in [0.4, 0.5) is 4.79 Å². The molecule has 0 spiro atoms. The van der Waals surface area contributed by atoms with Crippen molar-refractivity contribution in [1.82, 2.24) is 10.2 Å². The number of carbonyl (C=O) groups excluding carboxylic acids is 1. The zero-order chi connectivity index (χ0) is 13.5. The van der Waals surface area contributed by atoms with Gasteiger partial charge in [0.1, 0.15) is 6.04 Å². The lowest BCUT2D eigenvalue weighted by molar-refractivity contribution is -0.139. The van der Waals surface area contributed by atoms with Crippen molar-refractivity contribution in [3.05, 3.63) is 0 Å². The van der Waals surface area contributed by atoms with E-state index in [1.807, 2.05) is 0 Å². The first kappa shape index (κ1) is 14.8. The molecule has 0 saturated carbocycles. The average Bonchev–Trinajstić information content (AvgIpc) is 2.36. The number of nitrogens with one attached hydrogen (secondary N) is 1. The molecule has 1 aliphatic heterocycles. The van der Waals surface area contributed by atoms with Gasteiger partial charge in [0, 0.05) is 20.2 Å². The number of carboxylic acid groups (broad SMARTS) is 1. The van der Waals surface area contributed by atoms with Gasteiger partial charge in [-0.2, -0.15) is 0 Å². The van der Waals surface area contributed by atoms with E-state index >= 15 is 0 Å². The molecule has 18 heavy (non-hydrogen) atoms. The zero-order valence-corrected chi connectivity index (χ0v) is 11.0. The van der Waals surface area contributed by atoms with Crippen LogP contribution in [0.2, 0.25) is 0 Å². The quantitative estimate of drug-likeness (QED) is 0.773. The molecule has 0 aromatic rings. The third kappa shape index (κ3) is 4.52. The van der Waals surface area contributed by atoms with Crippen LogP contribution in [-0.2, 0) is 9.53 Å². The molecular formula is C12H22N2O4. The summed E-state index contributed by atoms with van der Waals surface area (Å²) >= 11 is 0. The number of carbonyl (C=O) groups is 2. The highest BCUT2D eigenvalue weighted by Gasteiger charge is 2.22. The monoisotopic (exact) mass is 258 g/mol. The highest BCUT2D eigenvalue weighted by molar-refractivity contribution is 5.82. The summed E-state index contributed by atoms with van der Waals surface area (Å²) in [6.07, 6.45) is 3.58. The van der Waals surface area contributed by atoms with Gasteiger partial charge < -0.3 is 20.1 Å². The normalized spacial score (nSPS) is 21.1. The Morgan fingerprint density at radius 3 is 2.72 bits per heavy atom. The highest BCUT2D eigenvalue weighted by Crippen LogP contribution is 2.13. The zero-order valence-electron chi connectivity index (χ0n) is 11.0. The van der Waals surface area contributed by atoms with E-state index in [1.165, 1.54) is 4.90 Å². The molecule has 6 heteroatoms. The molecule has 0 bridgehead atoms. The van der Waals surface area contributed by atoms with Crippen LogP contribution in [0.5, 0.6) is 0 Å². The Bertz CT molecular complexity index is 290. The Morgan fingerprint density at radius 1 is 1.50 bits per heavy atom. The van der Waals surface area contributed by atoms with Gasteiger partial charge in [0.15, 0.2) is 0 Å². The van der Waals surface area contributed by atoms with Gasteiger partial charge in [-0.25, -0.2) is 9.59 Å². The molecule has 2 atom stereocenters. The number of nitrogens with zero attached hydrogens (tertiary/aromatic N) is 1. The van der Waals surface area contributed by atoms with E-state index in [4.69, 9.17) is 9.84 Å². The molecule has 6 nitrogen and oxygen atoms in total. The van der Waals surface area contributed by atoms with Gasteiger partial charge in [0.05, 0.1) is 6.10 Å². The summed E-state index contributed by atoms with van der Waals surface area (Å²) in [5, 5.41) is 11.4. The Balaban J connectivity index is 2.37. The number of amides is 2. The van der Waals surface area contributed by atoms with Gasteiger partial charge in [-0.15, -0.1) is 0 Å². The number of hydrogen-bond donors (Lipinski definition) is 2. The van der Waals surface area contributed by atoms with E-state index in [9.17, 15) is 9.59 Å². The molecule has 104 valence electrons. The summed E-state index contributed by atoms with van der Waals surface area (Å²) < 4.78 is 5.54. The number of likely N-dealkylation sites (N-methyl/N-ethyl adjacent to an activating group) is 1. The lowest BCUT2D eigenvalue weighted by Gasteiger charge is -2.28. The van der Waals surface area contributed by atoms with E-state index in [0.717, 1.165) is 25.9 Å². The average molecular weight is 258 g/mol. The van der Waals surface area contributed by atoms with Crippen LogP contribution >= 0.6 is 0 Å². The molecule has 1 heterocycles. The van der Waals surface area contributed by atoms with Gasteiger partial charge in [0.25, 0.3) is 0 Å². The van der Waals surface area contributed by atoms with E-state index in [1.54, 1.807) is 14.0 Å². The van der Waals surface area contributed by atoms with Gasteiger partial charge in [-0.1, -0.05) is 6.92 Å². The number of aliphatic carboxylic acids is 1. The molecule has 1 rings (SSSR count). The van der Waals surface area contributed by atoms with E-state index in [-0.39, 0.29) is 12.1 Å². The molecule has 1 aliphatic rings. The third-order valence-corrected chi connectivity index (χ3v) is 3.10. The van der Waals surface area contributed by atoms with Crippen molar-refractivity contribution in [3.63, 3.8) is 0 Å². The minimum atomic E-state index is -1.01. The Kier molecular flexibility index (Phi) is 5.91. The number of carboxylic acids is 1. The fourth-order valence-corrected chi connectivity index (χ4v) is 1.94. The second kappa shape index (κ2) is 7.20. The van der Waals surface area contributed by atoms with Gasteiger partial charge in [-0.05, 0) is 25.7 Å². The van der Waals surface area contributed by atoms with Crippen LogP contribution < -0.4 is 5.32 Å². The van der Waals surface area contributed by atoms with Crippen molar-refractivity contribution in [2.24, 2.45) is 0 Å². The summed E-state index contributed by atoms with van der Waals surface area (Å²) in [4.78, 5) is 24.1. The molecule has 0 aromatic carbocycles. The SMILES string of the molecule is CC[C@@H](NC(=O)N(C)CC1CCCCO1)C(=O)O. The topological polar surface area (TPSA) is 78.9 Å². The largest absolute Gasteiger partial charge is 0.480 e. The van der Waals surface area contributed by atoms with E-state index in [0.29, 0.717) is 13.0 Å².